The highest BCUT2D eigenvalue weighted by molar-refractivity contribution is 7.19. The first-order chi connectivity index (χ1) is 16.5. The van der Waals surface area contributed by atoms with Crippen molar-refractivity contribution < 1.29 is 9.59 Å². The van der Waals surface area contributed by atoms with E-state index < -0.39 is 0 Å². The zero-order valence-electron chi connectivity index (χ0n) is 20.3. The fourth-order valence-electron chi connectivity index (χ4n) is 4.60. The van der Waals surface area contributed by atoms with Crippen LogP contribution in [-0.4, -0.2) is 65.7 Å². The molecule has 2 fully saturated rings. The van der Waals surface area contributed by atoms with E-state index in [1.807, 2.05) is 6.07 Å². The van der Waals surface area contributed by atoms with Gasteiger partial charge in [-0.1, -0.05) is 41.7 Å². The van der Waals surface area contributed by atoms with E-state index in [2.05, 4.69) is 63.4 Å². The number of hydrogen-bond acceptors (Lipinski definition) is 7. The van der Waals surface area contributed by atoms with Gasteiger partial charge < -0.3 is 10.2 Å². The molecule has 9 heteroatoms. The molecule has 2 amide bonds. The van der Waals surface area contributed by atoms with Crippen LogP contribution < -0.4 is 15.1 Å². The molecule has 184 valence electrons. The maximum Gasteiger partial charge on any atom is 0.228 e. The van der Waals surface area contributed by atoms with Gasteiger partial charge in [-0.05, 0) is 45.1 Å². The van der Waals surface area contributed by atoms with Crippen molar-refractivity contribution in [3.63, 3.8) is 0 Å². The number of benzene rings is 1. The van der Waals surface area contributed by atoms with Gasteiger partial charge >= 0.3 is 0 Å². The van der Waals surface area contributed by atoms with Crippen LogP contribution in [-0.2, 0) is 16.1 Å². The summed E-state index contributed by atoms with van der Waals surface area (Å²) in [5.74, 6) is 0.350. The van der Waals surface area contributed by atoms with Crippen LogP contribution in [0.1, 0.15) is 51.5 Å². The maximum atomic E-state index is 12.7. The molecule has 2 aliphatic rings. The second-order valence-electron chi connectivity index (χ2n) is 9.47. The summed E-state index contributed by atoms with van der Waals surface area (Å²) in [4.78, 5) is 31.0. The van der Waals surface area contributed by atoms with Gasteiger partial charge in [-0.3, -0.25) is 19.4 Å². The topological polar surface area (TPSA) is 81.7 Å². The van der Waals surface area contributed by atoms with Crippen molar-refractivity contribution in [1.29, 1.82) is 0 Å². The summed E-state index contributed by atoms with van der Waals surface area (Å²) < 4.78 is 0. The molecule has 3 heterocycles. The number of hydrogen-bond donors (Lipinski definition) is 1. The van der Waals surface area contributed by atoms with E-state index in [0.29, 0.717) is 24.1 Å². The highest BCUT2D eigenvalue weighted by Gasteiger charge is 2.29. The SMILES string of the molecule is CC(C)N(CCCNC(=O)C1CCN(c2nnc(N3CCCC3=O)s2)CC1)Cc1ccccc1. The Balaban J connectivity index is 1.17. The molecule has 2 aromatic rings. The molecule has 8 nitrogen and oxygen atoms in total. The smallest absolute Gasteiger partial charge is 0.228 e. The summed E-state index contributed by atoms with van der Waals surface area (Å²) in [7, 11) is 0. The number of carbonyl (C=O) groups is 2. The van der Waals surface area contributed by atoms with Gasteiger partial charge in [0, 0.05) is 57.6 Å². The summed E-state index contributed by atoms with van der Waals surface area (Å²) in [6, 6.07) is 11.0. The first kappa shape index (κ1) is 24.6. The van der Waals surface area contributed by atoms with E-state index in [-0.39, 0.29) is 17.7 Å². The van der Waals surface area contributed by atoms with E-state index in [4.69, 9.17) is 0 Å². The van der Waals surface area contributed by atoms with Crippen LogP contribution in [0, 0.1) is 5.92 Å². The van der Waals surface area contributed by atoms with Crippen molar-refractivity contribution in [3.8, 4) is 0 Å². The zero-order chi connectivity index (χ0) is 23.9. The summed E-state index contributed by atoms with van der Waals surface area (Å²) >= 11 is 1.48. The summed E-state index contributed by atoms with van der Waals surface area (Å²) in [5.41, 5.74) is 1.32. The fourth-order valence-corrected chi connectivity index (χ4v) is 5.55. The van der Waals surface area contributed by atoms with Crippen molar-refractivity contribution >= 4 is 33.4 Å². The molecule has 1 aromatic carbocycles. The van der Waals surface area contributed by atoms with Gasteiger partial charge in [0.1, 0.15) is 0 Å². The van der Waals surface area contributed by atoms with E-state index in [1.165, 1.54) is 16.9 Å². The summed E-state index contributed by atoms with van der Waals surface area (Å²) in [6.45, 7) is 9.36. The quantitative estimate of drug-likeness (QED) is 0.521. The van der Waals surface area contributed by atoms with Crippen LogP contribution in [0.4, 0.5) is 10.3 Å². The Hall–Kier alpha value is -2.52. The fraction of sp³-hybridized carbons (Fsp3) is 0.600. The second-order valence-corrected chi connectivity index (χ2v) is 10.4. The van der Waals surface area contributed by atoms with Gasteiger partial charge in [-0.15, -0.1) is 10.2 Å². The van der Waals surface area contributed by atoms with Crippen molar-refractivity contribution in [1.82, 2.24) is 20.4 Å². The highest BCUT2D eigenvalue weighted by Crippen LogP contribution is 2.32. The van der Waals surface area contributed by atoms with Gasteiger partial charge in [0.05, 0.1) is 0 Å². The van der Waals surface area contributed by atoms with Gasteiger partial charge in [-0.25, -0.2) is 0 Å². The lowest BCUT2D eigenvalue weighted by atomic mass is 9.96. The third-order valence-electron chi connectivity index (χ3n) is 6.72. The van der Waals surface area contributed by atoms with E-state index in [0.717, 1.165) is 63.5 Å². The molecular weight excluding hydrogens is 448 g/mol. The molecule has 0 atom stereocenters. The minimum Gasteiger partial charge on any atom is -0.356 e. The number of anilines is 2. The van der Waals surface area contributed by atoms with Crippen molar-refractivity contribution in [3.05, 3.63) is 35.9 Å². The Bertz CT molecular complexity index is 942. The molecule has 2 saturated heterocycles. The lowest BCUT2D eigenvalue weighted by Crippen LogP contribution is -2.41. The van der Waals surface area contributed by atoms with Crippen molar-refractivity contribution in [2.24, 2.45) is 5.92 Å². The molecule has 2 aliphatic heterocycles. The number of amides is 2. The molecule has 0 aliphatic carbocycles. The third-order valence-corrected chi connectivity index (χ3v) is 7.73. The maximum absolute atomic E-state index is 12.7. The number of rotatable bonds is 10. The van der Waals surface area contributed by atoms with Crippen LogP contribution >= 0.6 is 11.3 Å². The number of carbonyl (C=O) groups excluding carboxylic acids is 2. The number of nitrogens with one attached hydrogen (secondary N) is 1. The van der Waals surface area contributed by atoms with Gasteiger partial charge in [0.15, 0.2) is 0 Å². The number of piperidine rings is 1. The first-order valence-electron chi connectivity index (χ1n) is 12.5. The Morgan fingerprint density at radius 2 is 1.88 bits per heavy atom. The van der Waals surface area contributed by atoms with Crippen LogP contribution in [0.25, 0.3) is 0 Å². The van der Waals surface area contributed by atoms with Gasteiger partial charge in [0.25, 0.3) is 0 Å². The van der Waals surface area contributed by atoms with Crippen LogP contribution in [0.15, 0.2) is 30.3 Å². The molecular formula is C25H36N6O2S. The van der Waals surface area contributed by atoms with Gasteiger partial charge in [0.2, 0.25) is 22.1 Å². The molecule has 0 saturated carbocycles. The van der Waals surface area contributed by atoms with E-state index >= 15 is 0 Å². The zero-order valence-corrected chi connectivity index (χ0v) is 21.1. The first-order valence-corrected chi connectivity index (χ1v) is 13.3. The number of aromatic nitrogens is 2. The highest BCUT2D eigenvalue weighted by atomic mass is 32.1. The molecule has 0 radical (unpaired) electrons. The minimum absolute atomic E-state index is 0.0503. The summed E-state index contributed by atoms with van der Waals surface area (Å²) in [5, 5.41) is 13.2. The molecule has 1 aromatic heterocycles. The Morgan fingerprint density at radius 1 is 1.15 bits per heavy atom. The van der Waals surface area contributed by atoms with Crippen molar-refractivity contribution in [2.45, 2.75) is 58.5 Å². The third kappa shape index (κ3) is 6.33. The Kier molecular flexibility index (Phi) is 8.50. The number of nitrogens with zero attached hydrogens (tertiary/aromatic N) is 5. The molecule has 34 heavy (non-hydrogen) atoms. The van der Waals surface area contributed by atoms with Crippen LogP contribution in [0.5, 0.6) is 0 Å². The lowest BCUT2D eigenvalue weighted by Gasteiger charge is -2.31. The molecule has 0 spiro atoms. The molecule has 0 bridgehead atoms. The Morgan fingerprint density at radius 3 is 2.56 bits per heavy atom. The normalized spacial score (nSPS) is 17.2. The largest absolute Gasteiger partial charge is 0.356 e. The standard InChI is InChI=1S/C25H36N6O2S/c1-19(2)30(18-20-8-4-3-5-9-20)14-7-13-26-23(33)21-11-16-29(17-12-21)24-27-28-25(34-24)31-15-6-10-22(31)32/h3-5,8-9,19,21H,6-7,10-18H2,1-2H3,(H,26,33). The molecule has 1 N–H and O–H groups in total. The van der Waals surface area contributed by atoms with E-state index in [9.17, 15) is 9.59 Å². The molecule has 0 unspecified atom stereocenters. The average molecular weight is 485 g/mol. The van der Waals surface area contributed by atoms with Crippen LogP contribution in [0.2, 0.25) is 0 Å². The Labute approximate surface area is 206 Å². The van der Waals surface area contributed by atoms with Crippen LogP contribution in [0.3, 0.4) is 0 Å². The lowest BCUT2D eigenvalue weighted by molar-refractivity contribution is -0.125. The van der Waals surface area contributed by atoms with Crippen molar-refractivity contribution in [2.75, 3.05) is 42.5 Å². The average Bonchev–Trinajstić information content (AvgIpc) is 3.50. The van der Waals surface area contributed by atoms with E-state index in [1.54, 1.807) is 4.90 Å². The predicted octanol–water partition coefficient (Wildman–Crippen LogP) is 3.30. The molecule has 4 rings (SSSR count). The minimum atomic E-state index is 0.0503. The predicted molar refractivity (Wildman–Crippen MR) is 136 cm³/mol. The monoisotopic (exact) mass is 484 g/mol. The van der Waals surface area contributed by atoms with Gasteiger partial charge in [-0.2, -0.15) is 0 Å². The second kappa shape index (κ2) is 11.8. The summed E-state index contributed by atoms with van der Waals surface area (Å²) in [6.07, 6.45) is 4.05.